The molecule has 14 nitrogen and oxygen atoms in total. The molecule has 3 aromatic carbocycles. The van der Waals surface area contributed by atoms with Gasteiger partial charge in [0, 0.05) is 17.3 Å². The second kappa shape index (κ2) is 16.5. The average Bonchev–Trinajstić information content (AvgIpc) is 3.04. The SMILES string of the molecule is CCOc1cc([C@@H]2NC(=O)NC(C)=C2C(=O)OC)ccc1OC[C@@H](O)N/N=C/c1cc(Br)c(OCc2ccc(Cl)c(Cl)c2)c([N+](=O)[O-])c1. The molecule has 0 aliphatic carbocycles. The number of amides is 2. The topological polar surface area (TPSA) is 183 Å². The number of aliphatic hydroxyl groups excluding tert-OH is 1. The van der Waals surface area contributed by atoms with E-state index in [1.54, 1.807) is 56.3 Å². The minimum Gasteiger partial charge on any atom is -0.490 e. The van der Waals surface area contributed by atoms with Crippen LogP contribution in [0.1, 0.15) is 36.6 Å². The molecular formula is C31H30BrCl2N5O9. The van der Waals surface area contributed by atoms with E-state index in [0.717, 1.165) is 0 Å². The lowest BCUT2D eigenvalue weighted by Crippen LogP contribution is -2.45. The Morgan fingerprint density at radius 2 is 1.92 bits per heavy atom. The molecule has 3 aromatic rings. The van der Waals surface area contributed by atoms with Crippen molar-refractivity contribution >= 4 is 63.0 Å². The first kappa shape index (κ1) is 36.3. The summed E-state index contributed by atoms with van der Waals surface area (Å²) in [6.45, 7) is 3.39. The van der Waals surface area contributed by atoms with Crippen LogP contribution in [0.15, 0.2) is 69.4 Å². The molecule has 254 valence electrons. The number of carbonyl (C=O) groups is 2. The molecule has 0 saturated carbocycles. The lowest BCUT2D eigenvalue weighted by atomic mass is 9.95. The van der Waals surface area contributed by atoms with Crippen molar-refractivity contribution in [3.05, 3.63) is 101 Å². The van der Waals surface area contributed by atoms with Crippen LogP contribution < -0.4 is 30.3 Å². The zero-order valence-corrected chi connectivity index (χ0v) is 28.8. The molecule has 4 rings (SSSR count). The zero-order chi connectivity index (χ0) is 35.0. The standard InChI is InChI=1S/C31H30BrCl2N5O9/c1-4-46-25-12-19(28-27(30(41)45-3)16(2)36-31(42)37-28)6-8-24(25)47-15-26(40)38-35-13-18-9-20(32)29(23(11-18)39(43)44)48-14-17-5-7-21(33)22(34)10-17/h5-13,26,28,38,40H,4,14-15H2,1-3H3,(H2,36,37,42)/b35-13+/t26-,28+/m1/s1. The van der Waals surface area contributed by atoms with E-state index in [-0.39, 0.29) is 42.6 Å². The van der Waals surface area contributed by atoms with E-state index in [4.69, 9.17) is 42.1 Å². The number of methoxy groups -OCH3 is 1. The molecule has 1 heterocycles. The van der Waals surface area contributed by atoms with Crippen molar-refractivity contribution in [3.8, 4) is 17.2 Å². The number of benzene rings is 3. The van der Waals surface area contributed by atoms with E-state index in [1.165, 1.54) is 19.4 Å². The molecule has 4 N–H and O–H groups in total. The second-order valence-electron chi connectivity index (χ2n) is 10.1. The van der Waals surface area contributed by atoms with Gasteiger partial charge in [-0.15, -0.1) is 0 Å². The highest BCUT2D eigenvalue weighted by atomic mass is 79.9. The monoisotopic (exact) mass is 765 g/mol. The minimum atomic E-state index is -1.29. The van der Waals surface area contributed by atoms with Crippen molar-refractivity contribution in [2.75, 3.05) is 20.3 Å². The van der Waals surface area contributed by atoms with Gasteiger partial charge in [-0.2, -0.15) is 5.10 Å². The number of ether oxygens (including phenoxy) is 4. The Morgan fingerprint density at radius 3 is 2.60 bits per heavy atom. The normalized spacial score (nSPS) is 15.0. The smallest absolute Gasteiger partial charge is 0.337 e. The summed E-state index contributed by atoms with van der Waals surface area (Å²) < 4.78 is 22.4. The average molecular weight is 767 g/mol. The number of halogens is 3. The molecule has 48 heavy (non-hydrogen) atoms. The van der Waals surface area contributed by atoms with Crippen molar-refractivity contribution in [3.63, 3.8) is 0 Å². The lowest BCUT2D eigenvalue weighted by molar-refractivity contribution is -0.386. The van der Waals surface area contributed by atoms with Gasteiger partial charge in [-0.1, -0.05) is 35.3 Å². The maximum Gasteiger partial charge on any atom is 0.337 e. The van der Waals surface area contributed by atoms with Crippen molar-refractivity contribution in [1.29, 1.82) is 0 Å². The predicted octanol–water partition coefficient (Wildman–Crippen LogP) is 5.76. The summed E-state index contributed by atoms with van der Waals surface area (Å²) in [6, 6.07) is 11.3. The van der Waals surface area contributed by atoms with Gasteiger partial charge in [0.2, 0.25) is 5.75 Å². The van der Waals surface area contributed by atoms with Crippen LogP contribution in [0.4, 0.5) is 10.5 Å². The Balaban J connectivity index is 1.41. The maximum absolute atomic E-state index is 12.5. The number of allylic oxidation sites excluding steroid dienone is 1. The quantitative estimate of drug-likeness (QED) is 0.0517. The van der Waals surface area contributed by atoms with Crippen LogP contribution in [0.25, 0.3) is 0 Å². The Hall–Kier alpha value is -4.57. The molecule has 0 aromatic heterocycles. The Kier molecular flexibility index (Phi) is 12.5. The number of rotatable bonds is 14. The maximum atomic E-state index is 12.5. The number of nitro benzene ring substituents is 1. The molecule has 0 saturated heterocycles. The number of hydrazone groups is 1. The third-order valence-corrected chi connectivity index (χ3v) is 8.05. The first-order valence-electron chi connectivity index (χ1n) is 14.2. The van der Waals surface area contributed by atoms with Crippen LogP contribution >= 0.6 is 39.1 Å². The molecule has 0 fully saturated rings. The van der Waals surface area contributed by atoms with Crippen LogP contribution in [0.3, 0.4) is 0 Å². The molecule has 17 heteroatoms. The van der Waals surface area contributed by atoms with Gasteiger partial charge in [-0.05, 0) is 71.2 Å². The highest BCUT2D eigenvalue weighted by Crippen LogP contribution is 2.37. The summed E-state index contributed by atoms with van der Waals surface area (Å²) in [7, 11) is 1.25. The van der Waals surface area contributed by atoms with E-state index >= 15 is 0 Å². The lowest BCUT2D eigenvalue weighted by Gasteiger charge is -2.28. The van der Waals surface area contributed by atoms with Crippen LogP contribution in [-0.2, 0) is 16.1 Å². The second-order valence-corrected chi connectivity index (χ2v) is 11.7. The van der Waals surface area contributed by atoms with E-state index in [0.29, 0.717) is 42.7 Å². The number of hydrogen-bond donors (Lipinski definition) is 4. The van der Waals surface area contributed by atoms with Gasteiger partial charge in [-0.25, -0.2) is 9.59 Å². The number of nitrogens with zero attached hydrogens (tertiary/aromatic N) is 2. The van der Waals surface area contributed by atoms with Crippen LogP contribution in [-0.4, -0.2) is 54.8 Å². The Bertz CT molecular complexity index is 1770. The molecule has 0 unspecified atom stereocenters. The van der Waals surface area contributed by atoms with E-state index in [1.807, 2.05) is 0 Å². The molecule has 2 atom stereocenters. The van der Waals surface area contributed by atoms with Gasteiger partial charge >= 0.3 is 17.7 Å². The third-order valence-electron chi connectivity index (χ3n) is 6.72. The molecule has 1 aliphatic heterocycles. The molecule has 0 radical (unpaired) electrons. The molecular weight excluding hydrogens is 737 g/mol. The van der Waals surface area contributed by atoms with Crippen molar-refractivity contribution in [1.82, 2.24) is 16.1 Å². The number of nitro groups is 1. The van der Waals surface area contributed by atoms with E-state index in [9.17, 15) is 24.8 Å². The fraction of sp³-hybridized carbons (Fsp3) is 0.258. The number of nitrogens with one attached hydrogen (secondary N) is 3. The largest absolute Gasteiger partial charge is 0.490 e. The number of carbonyl (C=O) groups excluding carboxylic acids is 2. The van der Waals surface area contributed by atoms with Gasteiger partial charge in [0.1, 0.15) is 13.2 Å². The first-order valence-corrected chi connectivity index (χ1v) is 15.7. The zero-order valence-electron chi connectivity index (χ0n) is 25.7. The number of urea groups is 1. The molecule has 0 spiro atoms. The minimum absolute atomic E-state index is 0.00508. The Morgan fingerprint density at radius 1 is 1.15 bits per heavy atom. The molecule has 2 amide bonds. The number of aliphatic hydroxyl groups is 1. The molecule has 1 aliphatic rings. The van der Waals surface area contributed by atoms with Crippen molar-refractivity contribution < 1.29 is 38.6 Å². The fourth-order valence-electron chi connectivity index (χ4n) is 4.56. The van der Waals surface area contributed by atoms with E-state index in [2.05, 4.69) is 37.1 Å². The summed E-state index contributed by atoms with van der Waals surface area (Å²) in [4.78, 5) is 35.8. The van der Waals surface area contributed by atoms with Gasteiger partial charge in [0.25, 0.3) is 0 Å². The van der Waals surface area contributed by atoms with Gasteiger partial charge in [0.05, 0.1) is 51.0 Å². The third kappa shape index (κ3) is 9.07. The summed E-state index contributed by atoms with van der Waals surface area (Å²) in [6.07, 6.45) is -0.00543. The predicted molar refractivity (Wildman–Crippen MR) is 181 cm³/mol. The summed E-state index contributed by atoms with van der Waals surface area (Å²) in [5, 5.41) is 32.2. The van der Waals surface area contributed by atoms with Crippen molar-refractivity contribution in [2.45, 2.75) is 32.7 Å². The number of esters is 1. The van der Waals surface area contributed by atoms with E-state index < -0.39 is 29.2 Å². The number of hydrogen-bond acceptors (Lipinski definition) is 11. The molecule has 0 bridgehead atoms. The summed E-state index contributed by atoms with van der Waals surface area (Å²) >= 11 is 15.3. The Labute approximate surface area is 293 Å². The first-order chi connectivity index (χ1) is 22.9. The highest BCUT2D eigenvalue weighted by Gasteiger charge is 2.32. The van der Waals surface area contributed by atoms with Gasteiger partial charge < -0.3 is 34.7 Å². The fourth-order valence-corrected chi connectivity index (χ4v) is 5.46. The highest BCUT2D eigenvalue weighted by molar-refractivity contribution is 9.10. The van der Waals surface area contributed by atoms with Crippen LogP contribution in [0.2, 0.25) is 10.0 Å². The summed E-state index contributed by atoms with van der Waals surface area (Å²) in [5.41, 5.74) is 4.31. The van der Waals surface area contributed by atoms with Gasteiger partial charge in [0.15, 0.2) is 17.7 Å². The van der Waals surface area contributed by atoms with Gasteiger partial charge in [-0.3, -0.25) is 15.5 Å². The van der Waals surface area contributed by atoms with Crippen molar-refractivity contribution in [2.24, 2.45) is 5.10 Å². The van der Waals surface area contributed by atoms with Crippen LogP contribution in [0, 0.1) is 10.1 Å². The summed E-state index contributed by atoms with van der Waals surface area (Å²) in [5.74, 6) is -0.0128. The van der Waals surface area contributed by atoms with Crippen LogP contribution in [0.5, 0.6) is 17.2 Å².